The normalized spacial score (nSPS) is 11.2. The molecule has 0 atom stereocenters. The van der Waals surface area contributed by atoms with E-state index < -0.39 is 5.91 Å². The molecule has 9 heteroatoms. The van der Waals surface area contributed by atoms with Gasteiger partial charge in [0.25, 0.3) is 5.91 Å². The molecule has 0 aliphatic rings. The Kier molecular flexibility index (Phi) is 6.68. The first kappa shape index (κ1) is 22.5. The zero-order valence-corrected chi connectivity index (χ0v) is 19.4. The first-order chi connectivity index (χ1) is 15.9. The van der Waals surface area contributed by atoms with Gasteiger partial charge in [-0.1, -0.05) is 12.1 Å². The number of aromatic nitrogens is 1. The van der Waals surface area contributed by atoms with E-state index in [0.717, 1.165) is 9.13 Å². The van der Waals surface area contributed by atoms with Crippen LogP contribution in [0.2, 0.25) is 0 Å². The first-order valence-corrected chi connectivity index (χ1v) is 11.1. The van der Waals surface area contributed by atoms with E-state index in [1.807, 2.05) is 24.3 Å². The Morgan fingerprint density at radius 3 is 2.55 bits per heavy atom. The van der Waals surface area contributed by atoms with Crippen LogP contribution in [0.4, 0.5) is 11.4 Å². The van der Waals surface area contributed by atoms with Gasteiger partial charge in [0.2, 0.25) is 11.8 Å². The molecule has 8 nitrogen and oxygen atoms in total. The lowest BCUT2D eigenvalue weighted by Crippen LogP contribution is -2.12. The SMILES string of the molecule is O=C(CCc1cccc(O)c1)Nc1ccc(C(=O)N=Nc2c(O)[nH]c3ccc(I)cc23)cc1. The highest BCUT2D eigenvalue weighted by Crippen LogP contribution is 2.36. The van der Waals surface area contributed by atoms with Crippen molar-refractivity contribution in [2.45, 2.75) is 12.8 Å². The number of aryl methyl sites for hydroxylation is 1. The molecule has 0 radical (unpaired) electrons. The maximum atomic E-state index is 12.4. The highest BCUT2D eigenvalue weighted by atomic mass is 127. The van der Waals surface area contributed by atoms with E-state index in [1.54, 1.807) is 42.5 Å². The zero-order chi connectivity index (χ0) is 23.4. The number of fused-ring (bicyclic) bond motifs is 1. The second-order valence-corrected chi connectivity index (χ2v) is 8.56. The molecule has 166 valence electrons. The molecule has 3 aromatic carbocycles. The maximum Gasteiger partial charge on any atom is 0.295 e. The summed E-state index contributed by atoms with van der Waals surface area (Å²) in [7, 11) is 0. The fourth-order valence-electron chi connectivity index (χ4n) is 3.28. The topological polar surface area (TPSA) is 127 Å². The van der Waals surface area contributed by atoms with Gasteiger partial charge in [0.1, 0.15) is 5.75 Å². The summed E-state index contributed by atoms with van der Waals surface area (Å²) in [5, 5.41) is 30.7. The predicted octanol–water partition coefficient (Wildman–Crippen LogP) is 5.68. The Bertz CT molecular complexity index is 1360. The van der Waals surface area contributed by atoms with Crippen LogP contribution in [0.5, 0.6) is 11.6 Å². The lowest BCUT2D eigenvalue weighted by atomic mass is 10.1. The molecule has 4 aromatic rings. The van der Waals surface area contributed by atoms with E-state index in [2.05, 4.69) is 43.1 Å². The van der Waals surface area contributed by atoms with Crippen molar-refractivity contribution in [2.24, 2.45) is 10.2 Å². The number of H-pyrrole nitrogens is 1. The highest BCUT2D eigenvalue weighted by Gasteiger charge is 2.12. The first-order valence-electron chi connectivity index (χ1n) is 10.0. The molecule has 1 heterocycles. The minimum absolute atomic E-state index is 0.160. The number of rotatable bonds is 6. The average molecular weight is 554 g/mol. The van der Waals surface area contributed by atoms with Crippen LogP contribution in [-0.4, -0.2) is 27.0 Å². The van der Waals surface area contributed by atoms with Gasteiger partial charge in [-0.05, 0) is 89.2 Å². The number of phenolic OH excluding ortho intramolecular Hbond substituents is 1. The molecule has 0 saturated heterocycles. The number of nitrogens with zero attached hydrogens (tertiary/aromatic N) is 2. The number of halogens is 1. The van der Waals surface area contributed by atoms with Gasteiger partial charge in [0, 0.05) is 26.6 Å². The van der Waals surface area contributed by atoms with Gasteiger partial charge in [-0.25, -0.2) is 0 Å². The van der Waals surface area contributed by atoms with E-state index in [-0.39, 0.29) is 29.6 Å². The third kappa shape index (κ3) is 5.55. The van der Waals surface area contributed by atoms with Crippen molar-refractivity contribution >= 4 is 56.7 Å². The molecule has 0 spiro atoms. The van der Waals surface area contributed by atoms with Crippen molar-refractivity contribution in [1.29, 1.82) is 0 Å². The highest BCUT2D eigenvalue weighted by molar-refractivity contribution is 14.1. The molecular formula is C24H19IN4O4. The minimum atomic E-state index is -0.573. The van der Waals surface area contributed by atoms with Crippen molar-refractivity contribution < 1.29 is 19.8 Å². The van der Waals surface area contributed by atoms with E-state index in [1.165, 1.54) is 0 Å². The number of amides is 2. The molecule has 0 saturated carbocycles. The summed E-state index contributed by atoms with van der Waals surface area (Å²) in [6.07, 6.45) is 0.752. The number of nitrogens with one attached hydrogen (secondary N) is 2. The van der Waals surface area contributed by atoms with Gasteiger partial charge >= 0.3 is 0 Å². The minimum Gasteiger partial charge on any atom is -0.508 e. The summed E-state index contributed by atoms with van der Waals surface area (Å²) in [6.45, 7) is 0. The molecule has 0 aliphatic heterocycles. The Hall–Kier alpha value is -3.73. The fraction of sp³-hybridized carbons (Fsp3) is 0.0833. The Balaban J connectivity index is 1.38. The largest absolute Gasteiger partial charge is 0.508 e. The quantitative estimate of drug-likeness (QED) is 0.181. The Labute approximate surface area is 202 Å². The van der Waals surface area contributed by atoms with Crippen molar-refractivity contribution in [1.82, 2.24) is 4.98 Å². The van der Waals surface area contributed by atoms with Crippen LogP contribution in [0, 0.1) is 3.57 Å². The van der Waals surface area contributed by atoms with Gasteiger partial charge in [0.05, 0.1) is 5.52 Å². The van der Waals surface area contributed by atoms with E-state index in [4.69, 9.17) is 0 Å². The van der Waals surface area contributed by atoms with Crippen LogP contribution in [0.25, 0.3) is 10.9 Å². The number of anilines is 1. The lowest BCUT2D eigenvalue weighted by molar-refractivity contribution is -0.116. The monoisotopic (exact) mass is 554 g/mol. The van der Waals surface area contributed by atoms with Crippen LogP contribution in [0.15, 0.2) is 77.0 Å². The summed E-state index contributed by atoms with van der Waals surface area (Å²) in [4.78, 5) is 27.4. The second kappa shape index (κ2) is 9.82. The summed E-state index contributed by atoms with van der Waals surface area (Å²) in [6, 6.07) is 18.6. The Morgan fingerprint density at radius 1 is 1.00 bits per heavy atom. The third-order valence-corrected chi connectivity index (χ3v) is 5.59. The summed E-state index contributed by atoms with van der Waals surface area (Å²) in [5.41, 5.74) is 2.61. The molecule has 33 heavy (non-hydrogen) atoms. The van der Waals surface area contributed by atoms with Gasteiger partial charge in [-0.15, -0.1) is 10.2 Å². The zero-order valence-electron chi connectivity index (χ0n) is 17.2. The number of aromatic amines is 1. The van der Waals surface area contributed by atoms with E-state index in [9.17, 15) is 19.8 Å². The predicted molar refractivity (Wildman–Crippen MR) is 133 cm³/mol. The molecule has 1 aromatic heterocycles. The Morgan fingerprint density at radius 2 is 1.79 bits per heavy atom. The molecule has 0 unspecified atom stereocenters. The lowest BCUT2D eigenvalue weighted by Gasteiger charge is -2.06. The number of carbonyl (C=O) groups is 2. The number of aromatic hydroxyl groups is 2. The molecular weight excluding hydrogens is 535 g/mol. The van der Waals surface area contributed by atoms with E-state index >= 15 is 0 Å². The number of hydrogen-bond donors (Lipinski definition) is 4. The van der Waals surface area contributed by atoms with Crippen molar-refractivity contribution in [3.63, 3.8) is 0 Å². The van der Waals surface area contributed by atoms with Gasteiger partial charge in [-0.3, -0.25) is 9.59 Å². The van der Waals surface area contributed by atoms with Crippen molar-refractivity contribution in [3.8, 4) is 11.6 Å². The standard InChI is InChI=1S/C24H19IN4O4/c25-16-7-10-20-19(13-16)22(24(33)27-20)28-29-23(32)15-5-8-17(9-6-15)26-21(31)11-4-14-2-1-3-18(30)12-14/h1-3,5-10,12-13,27,30,33H,4,11H2,(H,26,31). The number of benzene rings is 3. The molecule has 4 rings (SSSR count). The van der Waals surface area contributed by atoms with Crippen LogP contribution in [0.3, 0.4) is 0 Å². The smallest absolute Gasteiger partial charge is 0.295 e. The number of phenols is 1. The van der Waals surface area contributed by atoms with Crippen molar-refractivity contribution in [2.75, 3.05) is 5.32 Å². The van der Waals surface area contributed by atoms with Crippen LogP contribution < -0.4 is 5.32 Å². The summed E-state index contributed by atoms with van der Waals surface area (Å²) in [5.74, 6) is -0.745. The average Bonchev–Trinajstić information content (AvgIpc) is 3.11. The van der Waals surface area contributed by atoms with E-state index in [0.29, 0.717) is 28.6 Å². The van der Waals surface area contributed by atoms with Crippen LogP contribution in [-0.2, 0) is 11.2 Å². The van der Waals surface area contributed by atoms with Gasteiger partial charge in [-0.2, -0.15) is 0 Å². The fourth-order valence-corrected chi connectivity index (χ4v) is 3.77. The molecule has 0 aliphatic carbocycles. The molecule has 4 N–H and O–H groups in total. The molecule has 0 fully saturated rings. The summed E-state index contributed by atoms with van der Waals surface area (Å²) < 4.78 is 0.960. The molecule has 0 bridgehead atoms. The number of carbonyl (C=O) groups excluding carboxylic acids is 2. The molecule has 2 amide bonds. The van der Waals surface area contributed by atoms with Crippen LogP contribution >= 0.6 is 22.6 Å². The number of hydrogen-bond acceptors (Lipinski definition) is 5. The van der Waals surface area contributed by atoms with Crippen LogP contribution in [0.1, 0.15) is 22.3 Å². The second-order valence-electron chi connectivity index (χ2n) is 7.31. The van der Waals surface area contributed by atoms with Gasteiger partial charge in [0.15, 0.2) is 5.69 Å². The van der Waals surface area contributed by atoms with Gasteiger partial charge < -0.3 is 20.5 Å². The van der Waals surface area contributed by atoms with Crippen molar-refractivity contribution in [3.05, 3.63) is 81.4 Å². The third-order valence-electron chi connectivity index (χ3n) is 4.92. The number of azo groups is 1. The maximum absolute atomic E-state index is 12.4. The summed E-state index contributed by atoms with van der Waals surface area (Å²) >= 11 is 2.15.